The van der Waals surface area contributed by atoms with Crippen LogP contribution >= 0.6 is 0 Å². The van der Waals surface area contributed by atoms with Crippen LogP contribution in [0, 0.1) is 46.3 Å². The zero-order valence-electron chi connectivity index (χ0n) is 36.7. The molecule has 1 spiro atoms. The normalized spacial score (nSPS) is 57.6. The van der Waals surface area contributed by atoms with Gasteiger partial charge in [-0.3, -0.25) is 5.32 Å². The fourth-order valence-corrected chi connectivity index (χ4v) is 14.2. The number of hydrogen-bond acceptors (Lipinski definition) is 17. The number of hydrogen-bond donors (Lipinski definition) is 10. The van der Waals surface area contributed by atoms with Gasteiger partial charge in [0.1, 0.15) is 72.9 Å². The first-order valence-corrected chi connectivity index (χ1v) is 23.5. The molecule has 8 fully saturated rings. The minimum absolute atomic E-state index is 0.0361. The van der Waals surface area contributed by atoms with E-state index >= 15 is 0 Å². The molecule has 5 saturated heterocycles. The molecule has 9 rings (SSSR count). The maximum atomic E-state index is 11.6. The van der Waals surface area contributed by atoms with Crippen LogP contribution in [0.1, 0.15) is 92.4 Å². The highest BCUT2D eigenvalue weighted by Crippen LogP contribution is 2.70. The first-order chi connectivity index (χ1) is 29.4. The summed E-state index contributed by atoms with van der Waals surface area (Å²) in [5.41, 5.74) is 1.32. The van der Waals surface area contributed by atoms with E-state index in [0.717, 1.165) is 38.6 Å². The Bertz CT molecular complexity index is 1610. The quantitative estimate of drug-likeness (QED) is 0.142. The summed E-state index contributed by atoms with van der Waals surface area (Å²) in [6.07, 6.45) is -11.9. The number of aliphatic hydroxyl groups is 9. The van der Waals surface area contributed by atoms with Gasteiger partial charge in [0.25, 0.3) is 0 Å². The average molecular weight is 884 g/mol. The molecular formula is C45H73NO16. The van der Waals surface area contributed by atoms with Crippen LogP contribution in [0.3, 0.4) is 0 Å². The van der Waals surface area contributed by atoms with Crippen LogP contribution in [0.15, 0.2) is 11.6 Å². The third-order valence-electron chi connectivity index (χ3n) is 17.9. The number of aliphatic hydroxyl groups excluding tert-OH is 9. The van der Waals surface area contributed by atoms with Crippen molar-refractivity contribution in [3.05, 3.63) is 11.6 Å². The van der Waals surface area contributed by atoms with Crippen LogP contribution in [0.2, 0.25) is 0 Å². The van der Waals surface area contributed by atoms with Gasteiger partial charge in [-0.05, 0) is 105 Å². The zero-order valence-corrected chi connectivity index (χ0v) is 36.7. The second-order valence-corrected chi connectivity index (χ2v) is 21.2. The summed E-state index contributed by atoms with van der Waals surface area (Å²) >= 11 is 0. The smallest absolute Gasteiger partial charge is 0.187 e. The van der Waals surface area contributed by atoms with E-state index < -0.39 is 111 Å². The summed E-state index contributed by atoms with van der Waals surface area (Å²) in [6.45, 7) is 10.8. The molecule has 0 radical (unpaired) electrons. The van der Waals surface area contributed by atoms with Gasteiger partial charge in [0.15, 0.2) is 18.9 Å². The summed E-state index contributed by atoms with van der Waals surface area (Å²) < 4.78 is 43.9. The molecule has 0 aromatic rings. The summed E-state index contributed by atoms with van der Waals surface area (Å²) in [5.74, 6) is 3.32. The third-order valence-corrected chi connectivity index (χ3v) is 17.9. The molecule has 0 unspecified atom stereocenters. The van der Waals surface area contributed by atoms with E-state index in [-0.39, 0.29) is 22.7 Å². The van der Waals surface area contributed by atoms with Crippen LogP contribution in [0.4, 0.5) is 0 Å². The maximum absolute atomic E-state index is 11.6. The van der Waals surface area contributed by atoms with E-state index in [9.17, 15) is 46.0 Å². The Morgan fingerprint density at radius 2 is 1.35 bits per heavy atom. The van der Waals surface area contributed by atoms with Gasteiger partial charge in [-0.2, -0.15) is 0 Å². The van der Waals surface area contributed by atoms with Crippen molar-refractivity contribution in [2.24, 2.45) is 46.3 Å². The predicted octanol–water partition coefficient (Wildman–Crippen LogP) is -0.213. The van der Waals surface area contributed by atoms with Crippen molar-refractivity contribution in [2.45, 2.75) is 202 Å². The number of fused-ring (bicyclic) bond motifs is 7. The van der Waals surface area contributed by atoms with E-state index in [0.29, 0.717) is 48.3 Å². The Balaban J connectivity index is 0.940. The number of ether oxygens (including phenoxy) is 7. The van der Waals surface area contributed by atoms with Gasteiger partial charge < -0.3 is 79.1 Å². The van der Waals surface area contributed by atoms with E-state index in [1.807, 2.05) is 0 Å². The Hall–Kier alpha value is -0.940. The maximum Gasteiger partial charge on any atom is 0.187 e. The summed E-state index contributed by atoms with van der Waals surface area (Å²) in [5, 5.41) is 99.7. The standard InChI is InChI=1S/C45H73NO16/c1-19-8-13-45(46-16-19)20(2)30-27(62-45)15-26-24-7-6-22-14-23(9-11-43(22,4)25(24)10-12-44(26,30)5)57-42-39(61-40-36(54)34(52)31(49)21(3)56-40)38(33(51)29(18-48)59-42)60-41-37(55)35(53)32(50)28(17-47)58-41/h6,19-21,23-42,46-55H,7-18H2,1-5H3/t19-,20+,21+,23+,24-,25+,26+,27+,28-,29-,30+,31+,32+,33+,34-,35+,36-,37+,38+,39+,40+,41+,42-,43+,44+,45-/m1/s1. The number of rotatable bonds is 8. The molecule has 5 heterocycles. The lowest BCUT2D eigenvalue weighted by atomic mass is 9.47. The molecule has 354 valence electrons. The van der Waals surface area contributed by atoms with E-state index in [1.54, 1.807) is 0 Å². The molecule has 0 amide bonds. The molecule has 10 N–H and O–H groups in total. The minimum atomic E-state index is -1.84. The fourth-order valence-electron chi connectivity index (χ4n) is 14.2. The molecule has 0 aromatic heterocycles. The second-order valence-electron chi connectivity index (χ2n) is 21.2. The Kier molecular flexibility index (Phi) is 12.9. The van der Waals surface area contributed by atoms with Crippen LogP contribution in [-0.2, 0) is 33.2 Å². The highest BCUT2D eigenvalue weighted by molar-refractivity contribution is 5.26. The van der Waals surface area contributed by atoms with Crippen LogP contribution in [0.5, 0.6) is 0 Å². The van der Waals surface area contributed by atoms with Crippen molar-refractivity contribution in [2.75, 3.05) is 19.8 Å². The minimum Gasteiger partial charge on any atom is -0.394 e. The average Bonchev–Trinajstić information content (AvgIpc) is 3.70. The number of allylic oxidation sites excluding steroid dienone is 1. The largest absolute Gasteiger partial charge is 0.394 e. The molecule has 9 aliphatic rings. The lowest BCUT2D eigenvalue weighted by Gasteiger charge is -2.59. The molecule has 3 saturated carbocycles. The number of nitrogens with one attached hydrogen (secondary N) is 1. The SMILES string of the molecule is C[C@@H]1CC[C@@]2(NC1)O[C@H]1C[C@H]3[C@@H]4CC=C5C[C@@H](O[C@@H]6O[C@H](CO)[C@H](O)[C@H](O[C@@H]7O[C@H](CO)[C@H](O)[C@H](O)[C@@H]7O)[C@@H]6O[C@@H]6O[C@@H](C)[C@H](O)[C@@H](O)[C@H]6O)CC[C@]5(C)[C@H]4CC[C@]3(C)[C@H]1[C@@H]2C. The van der Waals surface area contributed by atoms with Crippen molar-refractivity contribution in [3.8, 4) is 0 Å². The Morgan fingerprint density at radius 1 is 0.694 bits per heavy atom. The second kappa shape index (κ2) is 17.3. The van der Waals surface area contributed by atoms with Gasteiger partial charge in [-0.15, -0.1) is 0 Å². The van der Waals surface area contributed by atoms with Crippen LogP contribution < -0.4 is 5.32 Å². The topological polar surface area (TPSA) is 259 Å². The lowest BCUT2D eigenvalue weighted by molar-refractivity contribution is -0.394. The van der Waals surface area contributed by atoms with E-state index in [2.05, 4.69) is 39.1 Å². The predicted molar refractivity (Wildman–Crippen MR) is 216 cm³/mol. The first kappa shape index (κ1) is 46.2. The van der Waals surface area contributed by atoms with Gasteiger partial charge in [0.05, 0.1) is 31.5 Å². The highest BCUT2D eigenvalue weighted by Gasteiger charge is 2.68. The molecule has 17 nitrogen and oxygen atoms in total. The van der Waals surface area contributed by atoms with Crippen molar-refractivity contribution >= 4 is 0 Å². The first-order valence-electron chi connectivity index (χ1n) is 23.5. The highest BCUT2D eigenvalue weighted by atomic mass is 16.8. The Labute approximate surface area is 364 Å². The van der Waals surface area contributed by atoms with Crippen molar-refractivity contribution in [1.82, 2.24) is 5.32 Å². The zero-order chi connectivity index (χ0) is 44.2. The van der Waals surface area contributed by atoms with Gasteiger partial charge in [0, 0.05) is 12.5 Å². The Morgan fingerprint density at radius 3 is 2.05 bits per heavy atom. The van der Waals surface area contributed by atoms with E-state index in [4.69, 9.17) is 33.2 Å². The van der Waals surface area contributed by atoms with Gasteiger partial charge >= 0.3 is 0 Å². The summed E-state index contributed by atoms with van der Waals surface area (Å²) in [4.78, 5) is 0. The molecule has 4 aliphatic carbocycles. The summed E-state index contributed by atoms with van der Waals surface area (Å²) in [6, 6.07) is 0. The fraction of sp³-hybridized carbons (Fsp3) is 0.956. The van der Waals surface area contributed by atoms with Crippen LogP contribution in [-0.4, -0.2) is 176 Å². The molecular weight excluding hydrogens is 810 g/mol. The molecule has 0 bridgehead atoms. The van der Waals surface area contributed by atoms with E-state index in [1.165, 1.54) is 25.3 Å². The number of piperidine rings is 1. The third kappa shape index (κ3) is 7.49. The van der Waals surface area contributed by atoms with Crippen molar-refractivity contribution in [3.63, 3.8) is 0 Å². The van der Waals surface area contributed by atoms with Crippen LogP contribution in [0.25, 0.3) is 0 Å². The molecule has 0 aromatic carbocycles. The van der Waals surface area contributed by atoms with Crippen molar-refractivity contribution < 1.29 is 79.1 Å². The van der Waals surface area contributed by atoms with Gasteiger partial charge in [0.2, 0.25) is 0 Å². The molecule has 17 heteroatoms. The van der Waals surface area contributed by atoms with Crippen molar-refractivity contribution in [1.29, 1.82) is 0 Å². The molecule has 5 aliphatic heterocycles. The molecule has 26 atom stereocenters. The lowest BCUT2D eigenvalue weighted by Crippen LogP contribution is -2.67. The van der Waals surface area contributed by atoms with Gasteiger partial charge in [-0.1, -0.05) is 39.3 Å². The van der Waals surface area contributed by atoms with Gasteiger partial charge in [-0.25, -0.2) is 0 Å². The summed E-state index contributed by atoms with van der Waals surface area (Å²) in [7, 11) is 0. The monoisotopic (exact) mass is 883 g/mol. The molecule has 62 heavy (non-hydrogen) atoms.